The predicted octanol–water partition coefficient (Wildman–Crippen LogP) is 3.49. The zero-order chi connectivity index (χ0) is 12.4. The zero-order valence-corrected chi connectivity index (χ0v) is 10.5. The lowest BCUT2D eigenvalue weighted by Crippen LogP contribution is -2.40. The van der Waals surface area contributed by atoms with Gasteiger partial charge in [0.05, 0.1) is 11.5 Å². The van der Waals surface area contributed by atoms with Crippen molar-refractivity contribution in [2.75, 3.05) is 0 Å². The van der Waals surface area contributed by atoms with E-state index in [9.17, 15) is 10.4 Å². The first kappa shape index (κ1) is 13.0. The maximum absolute atomic E-state index is 10.6. The molecule has 0 heterocycles. The molecular weight excluding hydrogens is 222 g/mol. The standard InChI is InChI=1S/C13H16ClNO/c1-4-12(2,9-15)13(3,16)10-7-5-6-8-11(10)14/h5-8,16H,4H2,1-3H3. The smallest absolute Gasteiger partial charge is 0.107 e. The first-order valence-electron chi connectivity index (χ1n) is 5.27. The molecule has 0 aliphatic carbocycles. The summed E-state index contributed by atoms with van der Waals surface area (Å²) in [6.07, 6.45) is 0.557. The summed E-state index contributed by atoms with van der Waals surface area (Å²) < 4.78 is 0. The van der Waals surface area contributed by atoms with E-state index >= 15 is 0 Å². The number of halogens is 1. The van der Waals surface area contributed by atoms with Crippen LogP contribution in [0.5, 0.6) is 0 Å². The first-order chi connectivity index (χ1) is 7.39. The van der Waals surface area contributed by atoms with Crippen LogP contribution in [0, 0.1) is 16.7 Å². The fourth-order valence-corrected chi connectivity index (χ4v) is 2.01. The summed E-state index contributed by atoms with van der Waals surface area (Å²) in [5.41, 5.74) is -1.50. The minimum Gasteiger partial charge on any atom is -0.384 e. The number of benzene rings is 1. The summed E-state index contributed by atoms with van der Waals surface area (Å²) in [5.74, 6) is 0. The van der Waals surface area contributed by atoms with Gasteiger partial charge in [-0.2, -0.15) is 5.26 Å². The third-order valence-electron chi connectivity index (χ3n) is 3.43. The Bertz CT molecular complexity index is 422. The summed E-state index contributed by atoms with van der Waals surface area (Å²) in [4.78, 5) is 0. The van der Waals surface area contributed by atoms with E-state index in [1.807, 2.05) is 13.0 Å². The highest BCUT2D eigenvalue weighted by atomic mass is 35.5. The molecule has 1 aromatic rings. The van der Waals surface area contributed by atoms with Gasteiger partial charge in [-0.15, -0.1) is 0 Å². The van der Waals surface area contributed by atoms with Crippen molar-refractivity contribution >= 4 is 11.6 Å². The van der Waals surface area contributed by atoms with Crippen molar-refractivity contribution in [3.63, 3.8) is 0 Å². The van der Waals surface area contributed by atoms with E-state index in [1.165, 1.54) is 0 Å². The van der Waals surface area contributed by atoms with E-state index in [2.05, 4.69) is 6.07 Å². The molecule has 0 spiro atoms. The monoisotopic (exact) mass is 237 g/mol. The van der Waals surface area contributed by atoms with Crippen molar-refractivity contribution in [3.8, 4) is 6.07 Å². The Morgan fingerprint density at radius 2 is 1.94 bits per heavy atom. The molecule has 86 valence electrons. The summed E-state index contributed by atoms with van der Waals surface area (Å²) in [5, 5.41) is 20.3. The molecule has 0 saturated heterocycles. The van der Waals surface area contributed by atoms with E-state index < -0.39 is 11.0 Å². The normalized spacial score (nSPS) is 18.2. The van der Waals surface area contributed by atoms with Gasteiger partial charge >= 0.3 is 0 Å². The van der Waals surface area contributed by atoms with Gasteiger partial charge in [0, 0.05) is 10.6 Å². The van der Waals surface area contributed by atoms with Crippen LogP contribution in [-0.2, 0) is 5.60 Å². The van der Waals surface area contributed by atoms with Gasteiger partial charge in [-0.1, -0.05) is 36.7 Å². The van der Waals surface area contributed by atoms with Crippen LogP contribution in [0.15, 0.2) is 24.3 Å². The zero-order valence-electron chi connectivity index (χ0n) is 9.79. The molecule has 0 bridgehead atoms. The van der Waals surface area contributed by atoms with Gasteiger partial charge in [0.25, 0.3) is 0 Å². The molecule has 0 radical (unpaired) electrons. The van der Waals surface area contributed by atoms with Gasteiger partial charge < -0.3 is 5.11 Å². The average Bonchev–Trinajstić information content (AvgIpc) is 2.28. The Morgan fingerprint density at radius 3 is 2.38 bits per heavy atom. The van der Waals surface area contributed by atoms with Crippen molar-refractivity contribution in [1.82, 2.24) is 0 Å². The maximum Gasteiger partial charge on any atom is 0.107 e. The van der Waals surface area contributed by atoms with Gasteiger partial charge in [0.2, 0.25) is 0 Å². The van der Waals surface area contributed by atoms with Crippen LogP contribution in [-0.4, -0.2) is 5.11 Å². The Morgan fingerprint density at radius 1 is 1.38 bits per heavy atom. The molecule has 1 N–H and O–H groups in total. The van der Waals surface area contributed by atoms with Crippen LogP contribution in [0.4, 0.5) is 0 Å². The van der Waals surface area contributed by atoms with Crippen LogP contribution in [0.25, 0.3) is 0 Å². The van der Waals surface area contributed by atoms with Crippen molar-refractivity contribution in [2.45, 2.75) is 32.8 Å². The quantitative estimate of drug-likeness (QED) is 0.875. The SMILES string of the molecule is CCC(C)(C#N)C(C)(O)c1ccccc1Cl. The van der Waals surface area contributed by atoms with Crippen LogP contribution in [0.3, 0.4) is 0 Å². The fraction of sp³-hybridized carbons (Fsp3) is 0.462. The molecule has 0 aliphatic rings. The number of nitriles is 1. The summed E-state index contributed by atoms with van der Waals surface area (Å²) >= 11 is 6.06. The molecule has 2 unspecified atom stereocenters. The summed E-state index contributed by atoms with van der Waals surface area (Å²) in [6.45, 7) is 5.27. The minimum absolute atomic E-state index is 0.488. The van der Waals surface area contributed by atoms with E-state index in [0.29, 0.717) is 17.0 Å². The highest BCUT2D eigenvalue weighted by Gasteiger charge is 2.44. The molecule has 1 rings (SSSR count). The number of hydrogen-bond donors (Lipinski definition) is 1. The van der Waals surface area contributed by atoms with Gasteiger partial charge in [0.15, 0.2) is 0 Å². The summed E-state index contributed by atoms with van der Waals surface area (Å²) in [6, 6.07) is 9.28. The lowest BCUT2D eigenvalue weighted by atomic mass is 9.70. The summed E-state index contributed by atoms with van der Waals surface area (Å²) in [7, 11) is 0. The fourth-order valence-electron chi connectivity index (χ4n) is 1.69. The lowest BCUT2D eigenvalue weighted by molar-refractivity contribution is -0.0378. The molecule has 0 amide bonds. The molecule has 2 atom stereocenters. The van der Waals surface area contributed by atoms with Gasteiger partial charge in [-0.05, 0) is 26.3 Å². The topological polar surface area (TPSA) is 44.0 Å². The molecule has 2 nitrogen and oxygen atoms in total. The van der Waals surface area contributed by atoms with E-state index in [4.69, 9.17) is 11.6 Å². The molecule has 0 fully saturated rings. The second kappa shape index (κ2) is 4.45. The molecular formula is C13H16ClNO. The van der Waals surface area contributed by atoms with Crippen LogP contribution < -0.4 is 0 Å². The number of hydrogen-bond acceptors (Lipinski definition) is 2. The second-order valence-corrected chi connectivity index (χ2v) is 4.76. The predicted molar refractivity (Wildman–Crippen MR) is 65.0 cm³/mol. The number of aliphatic hydroxyl groups is 1. The molecule has 16 heavy (non-hydrogen) atoms. The van der Waals surface area contributed by atoms with Crippen LogP contribution >= 0.6 is 11.6 Å². The highest BCUT2D eigenvalue weighted by molar-refractivity contribution is 6.31. The van der Waals surface area contributed by atoms with E-state index in [-0.39, 0.29) is 0 Å². The Kier molecular flexibility index (Phi) is 3.62. The molecule has 0 aromatic heterocycles. The van der Waals surface area contributed by atoms with Crippen molar-refractivity contribution in [2.24, 2.45) is 5.41 Å². The van der Waals surface area contributed by atoms with Gasteiger partial charge in [-0.3, -0.25) is 0 Å². The minimum atomic E-state index is -1.26. The Balaban J connectivity index is 3.32. The maximum atomic E-state index is 10.6. The van der Waals surface area contributed by atoms with E-state index in [1.54, 1.807) is 32.0 Å². The third kappa shape index (κ3) is 1.93. The highest BCUT2D eigenvalue weighted by Crippen LogP contribution is 2.43. The first-order valence-corrected chi connectivity index (χ1v) is 5.65. The van der Waals surface area contributed by atoms with Crippen LogP contribution in [0.2, 0.25) is 5.02 Å². The third-order valence-corrected chi connectivity index (χ3v) is 3.76. The van der Waals surface area contributed by atoms with Crippen molar-refractivity contribution in [1.29, 1.82) is 5.26 Å². The average molecular weight is 238 g/mol. The largest absolute Gasteiger partial charge is 0.384 e. The second-order valence-electron chi connectivity index (χ2n) is 4.35. The Labute approximate surface area is 101 Å². The molecule has 0 aliphatic heterocycles. The van der Waals surface area contributed by atoms with E-state index in [0.717, 1.165) is 0 Å². The lowest BCUT2D eigenvalue weighted by Gasteiger charge is -2.37. The number of rotatable bonds is 3. The van der Waals surface area contributed by atoms with Crippen molar-refractivity contribution < 1.29 is 5.11 Å². The number of nitrogens with zero attached hydrogens (tertiary/aromatic N) is 1. The van der Waals surface area contributed by atoms with Gasteiger partial charge in [-0.25, -0.2) is 0 Å². The Hall–Kier alpha value is -1.04. The van der Waals surface area contributed by atoms with Crippen LogP contribution in [0.1, 0.15) is 32.8 Å². The molecule has 3 heteroatoms. The molecule has 0 saturated carbocycles. The molecule has 1 aromatic carbocycles. The van der Waals surface area contributed by atoms with Gasteiger partial charge in [0.1, 0.15) is 5.60 Å². The van der Waals surface area contributed by atoms with Crippen molar-refractivity contribution in [3.05, 3.63) is 34.9 Å².